The maximum atomic E-state index is 11.5. The number of carbonyl (C=O) groups excluding carboxylic acids is 1. The van der Waals surface area contributed by atoms with Crippen molar-refractivity contribution < 1.29 is 9.53 Å². The third kappa shape index (κ3) is 2.82. The van der Waals surface area contributed by atoms with Crippen molar-refractivity contribution in [3.05, 3.63) is 0 Å². The molecular formula is C14H25NO2. The zero-order valence-electron chi connectivity index (χ0n) is 11.2. The monoisotopic (exact) mass is 239 g/mol. The second-order valence-corrected chi connectivity index (χ2v) is 5.80. The molecule has 17 heavy (non-hydrogen) atoms. The molecule has 0 aromatic heterocycles. The predicted molar refractivity (Wildman–Crippen MR) is 67.8 cm³/mol. The number of ether oxygens (including phenoxy) is 1. The zero-order valence-corrected chi connectivity index (χ0v) is 11.2. The fraction of sp³-hybridized carbons (Fsp3) is 0.929. The van der Waals surface area contributed by atoms with Crippen LogP contribution in [0.1, 0.15) is 51.9 Å². The summed E-state index contributed by atoms with van der Waals surface area (Å²) in [5, 5.41) is 0. The van der Waals surface area contributed by atoms with Gasteiger partial charge in [-0.3, -0.25) is 9.69 Å². The van der Waals surface area contributed by atoms with Gasteiger partial charge in [0.05, 0.1) is 7.11 Å². The van der Waals surface area contributed by atoms with E-state index in [0.717, 1.165) is 13.1 Å². The van der Waals surface area contributed by atoms with E-state index in [2.05, 4.69) is 4.90 Å². The molecule has 3 heteroatoms. The summed E-state index contributed by atoms with van der Waals surface area (Å²) in [6.07, 6.45) is 9.60. The number of rotatable bonds is 2. The van der Waals surface area contributed by atoms with Gasteiger partial charge in [0.2, 0.25) is 0 Å². The van der Waals surface area contributed by atoms with Gasteiger partial charge in [0.25, 0.3) is 0 Å². The first-order valence-corrected chi connectivity index (χ1v) is 6.99. The first-order valence-electron chi connectivity index (χ1n) is 6.99. The van der Waals surface area contributed by atoms with Gasteiger partial charge in [-0.25, -0.2) is 0 Å². The molecule has 2 rings (SSSR count). The molecule has 1 atom stereocenters. The van der Waals surface area contributed by atoms with Crippen LogP contribution in [0.5, 0.6) is 0 Å². The van der Waals surface area contributed by atoms with E-state index in [1.54, 1.807) is 0 Å². The molecule has 1 saturated heterocycles. The van der Waals surface area contributed by atoms with Crippen molar-refractivity contribution >= 4 is 5.97 Å². The van der Waals surface area contributed by atoms with E-state index in [-0.39, 0.29) is 12.0 Å². The zero-order chi connectivity index (χ0) is 12.3. The van der Waals surface area contributed by atoms with E-state index in [0.29, 0.717) is 5.41 Å². The van der Waals surface area contributed by atoms with Crippen LogP contribution in [0.25, 0.3) is 0 Å². The molecule has 0 aromatic carbocycles. The fourth-order valence-corrected chi connectivity index (χ4v) is 3.51. The van der Waals surface area contributed by atoms with Crippen molar-refractivity contribution in [2.75, 3.05) is 20.2 Å². The molecule has 0 radical (unpaired) electrons. The molecule has 0 N–H and O–H groups in total. The van der Waals surface area contributed by atoms with E-state index < -0.39 is 0 Å². The molecular weight excluding hydrogens is 214 g/mol. The summed E-state index contributed by atoms with van der Waals surface area (Å²) in [6.45, 7) is 4.09. The highest BCUT2D eigenvalue weighted by atomic mass is 16.5. The van der Waals surface area contributed by atoms with Crippen LogP contribution in [-0.2, 0) is 9.53 Å². The van der Waals surface area contributed by atoms with E-state index in [9.17, 15) is 4.79 Å². The van der Waals surface area contributed by atoms with E-state index >= 15 is 0 Å². The van der Waals surface area contributed by atoms with Gasteiger partial charge < -0.3 is 4.74 Å². The van der Waals surface area contributed by atoms with Gasteiger partial charge in [-0.1, -0.05) is 19.3 Å². The Balaban J connectivity index is 1.86. The molecule has 1 aliphatic carbocycles. The number of nitrogens with zero attached hydrogens (tertiary/aromatic N) is 1. The smallest absolute Gasteiger partial charge is 0.322 e. The number of hydrogen-bond acceptors (Lipinski definition) is 3. The van der Waals surface area contributed by atoms with Crippen molar-refractivity contribution in [2.24, 2.45) is 5.41 Å². The Bertz CT molecular complexity index is 261. The molecule has 1 heterocycles. The minimum atomic E-state index is -0.0930. The van der Waals surface area contributed by atoms with Crippen molar-refractivity contribution in [1.82, 2.24) is 4.90 Å². The van der Waals surface area contributed by atoms with Gasteiger partial charge in [-0.05, 0) is 51.1 Å². The lowest BCUT2D eigenvalue weighted by molar-refractivity contribution is -0.147. The van der Waals surface area contributed by atoms with Gasteiger partial charge in [-0.15, -0.1) is 0 Å². The summed E-state index contributed by atoms with van der Waals surface area (Å²) in [4.78, 5) is 13.8. The van der Waals surface area contributed by atoms with E-state index in [1.165, 1.54) is 52.1 Å². The van der Waals surface area contributed by atoms with Crippen LogP contribution in [0.4, 0.5) is 0 Å². The number of esters is 1. The molecule has 1 unspecified atom stereocenters. The fourth-order valence-electron chi connectivity index (χ4n) is 3.51. The van der Waals surface area contributed by atoms with Crippen LogP contribution >= 0.6 is 0 Å². The Hall–Kier alpha value is -0.570. The number of carbonyl (C=O) groups is 1. The predicted octanol–water partition coefficient (Wildman–Crippen LogP) is 2.59. The highest BCUT2D eigenvalue weighted by Gasteiger charge is 2.37. The molecule has 1 saturated carbocycles. The average molecular weight is 239 g/mol. The first-order chi connectivity index (χ1) is 8.17. The molecule has 0 aromatic rings. The Kier molecular flexibility index (Phi) is 4.08. The molecule has 1 aliphatic heterocycles. The van der Waals surface area contributed by atoms with Gasteiger partial charge >= 0.3 is 5.97 Å². The van der Waals surface area contributed by atoms with Crippen LogP contribution in [0, 0.1) is 5.41 Å². The van der Waals surface area contributed by atoms with Gasteiger partial charge in [-0.2, -0.15) is 0 Å². The Morgan fingerprint density at radius 1 is 1.12 bits per heavy atom. The molecule has 2 fully saturated rings. The summed E-state index contributed by atoms with van der Waals surface area (Å²) in [6, 6.07) is -0.0686. The molecule has 1 spiro atoms. The summed E-state index contributed by atoms with van der Waals surface area (Å²) in [7, 11) is 1.48. The first kappa shape index (κ1) is 12.9. The van der Waals surface area contributed by atoms with Crippen LogP contribution in [0.3, 0.4) is 0 Å². The Morgan fingerprint density at radius 3 is 2.24 bits per heavy atom. The highest BCUT2D eigenvalue weighted by Crippen LogP contribution is 2.44. The third-order valence-corrected chi connectivity index (χ3v) is 4.86. The quantitative estimate of drug-likeness (QED) is 0.694. The molecule has 3 nitrogen and oxygen atoms in total. The van der Waals surface area contributed by atoms with Crippen LogP contribution in [0.15, 0.2) is 0 Å². The maximum Gasteiger partial charge on any atom is 0.322 e. The SMILES string of the molecule is COC(=O)C(C)N1CCC2(CCCCC2)CC1. The van der Waals surface area contributed by atoms with Crippen LogP contribution in [-0.4, -0.2) is 37.1 Å². The normalized spacial score (nSPS) is 26.7. The summed E-state index contributed by atoms with van der Waals surface area (Å²) >= 11 is 0. The number of piperidine rings is 1. The summed E-state index contributed by atoms with van der Waals surface area (Å²) in [5.41, 5.74) is 0.616. The van der Waals surface area contributed by atoms with Gasteiger partial charge in [0.1, 0.15) is 6.04 Å². The van der Waals surface area contributed by atoms with Crippen molar-refractivity contribution in [3.63, 3.8) is 0 Å². The largest absolute Gasteiger partial charge is 0.468 e. The van der Waals surface area contributed by atoms with E-state index in [1.807, 2.05) is 6.92 Å². The lowest BCUT2D eigenvalue weighted by atomic mass is 9.68. The highest BCUT2D eigenvalue weighted by molar-refractivity contribution is 5.75. The molecule has 2 aliphatic rings. The Morgan fingerprint density at radius 2 is 1.71 bits per heavy atom. The number of hydrogen-bond donors (Lipinski definition) is 0. The average Bonchev–Trinajstić information content (AvgIpc) is 2.39. The molecule has 98 valence electrons. The topological polar surface area (TPSA) is 29.5 Å². The minimum Gasteiger partial charge on any atom is -0.468 e. The van der Waals surface area contributed by atoms with Crippen molar-refractivity contribution in [2.45, 2.75) is 57.9 Å². The second-order valence-electron chi connectivity index (χ2n) is 5.80. The third-order valence-electron chi connectivity index (χ3n) is 4.86. The van der Waals surface area contributed by atoms with Crippen LogP contribution < -0.4 is 0 Å². The number of likely N-dealkylation sites (tertiary alicyclic amines) is 1. The number of methoxy groups -OCH3 is 1. The molecule has 0 bridgehead atoms. The summed E-state index contributed by atoms with van der Waals surface area (Å²) < 4.78 is 4.82. The lowest BCUT2D eigenvalue weighted by Crippen LogP contribution is -2.47. The molecule has 0 amide bonds. The Labute approximate surface area is 105 Å². The van der Waals surface area contributed by atoms with E-state index in [4.69, 9.17) is 4.74 Å². The second kappa shape index (κ2) is 5.38. The minimum absolute atomic E-state index is 0.0686. The van der Waals surface area contributed by atoms with Crippen molar-refractivity contribution in [3.8, 4) is 0 Å². The van der Waals surface area contributed by atoms with Crippen LogP contribution in [0.2, 0.25) is 0 Å². The van der Waals surface area contributed by atoms with Gasteiger partial charge in [0, 0.05) is 0 Å². The summed E-state index contributed by atoms with van der Waals surface area (Å²) in [5.74, 6) is -0.0930. The van der Waals surface area contributed by atoms with Gasteiger partial charge in [0.15, 0.2) is 0 Å². The standard InChI is InChI=1S/C14H25NO2/c1-12(13(16)17-2)15-10-8-14(9-11-15)6-4-3-5-7-14/h12H,3-11H2,1-2H3. The lowest BCUT2D eigenvalue weighted by Gasteiger charge is -2.45. The maximum absolute atomic E-state index is 11.5. The van der Waals surface area contributed by atoms with Crippen molar-refractivity contribution in [1.29, 1.82) is 0 Å².